The zero-order valence-corrected chi connectivity index (χ0v) is 12.0. The van der Waals surface area contributed by atoms with E-state index in [1.165, 1.54) is 0 Å². The van der Waals surface area contributed by atoms with Crippen molar-refractivity contribution in [2.75, 3.05) is 26.2 Å². The number of piperidine rings is 1. The van der Waals surface area contributed by atoms with E-state index in [0.29, 0.717) is 18.0 Å². The quantitative estimate of drug-likeness (QED) is 0.760. The lowest BCUT2D eigenvalue weighted by atomic mass is 9.95. The van der Waals surface area contributed by atoms with Crippen molar-refractivity contribution >= 4 is 5.91 Å². The van der Waals surface area contributed by atoms with E-state index < -0.39 is 0 Å². The second-order valence-electron chi connectivity index (χ2n) is 6.82. The van der Waals surface area contributed by atoms with Gasteiger partial charge in [-0.1, -0.05) is 20.8 Å². The molecule has 104 valence electrons. The van der Waals surface area contributed by atoms with Gasteiger partial charge in [-0.2, -0.15) is 0 Å². The number of rotatable bonds is 1. The molecule has 4 heteroatoms. The predicted molar refractivity (Wildman–Crippen MR) is 73.2 cm³/mol. The van der Waals surface area contributed by atoms with Crippen LogP contribution in [0.1, 0.15) is 40.0 Å². The number of likely N-dealkylation sites (tertiary alicyclic amines) is 2. The molecule has 2 aliphatic rings. The zero-order chi connectivity index (χ0) is 13.3. The Morgan fingerprint density at radius 3 is 2.28 bits per heavy atom. The van der Waals surface area contributed by atoms with Crippen LogP contribution in [0.4, 0.5) is 0 Å². The summed E-state index contributed by atoms with van der Waals surface area (Å²) in [7, 11) is 0. The van der Waals surface area contributed by atoms with Crippen LogP contribution in [-0.4, -0.2) is 54.0 Å². The van der Waals surface area contributed by atoms with E-state index in [4.69, 9.17) is 5.73 Å². The van der Waals surface area contributed by atoms with Crippen LogP contribution < -0.4 is 5.73 Å². The van der Waals surface area contributed by atoms with Crippen LogP contribution in [0.5, 0.6) is 0 Å². The van der Waals surface area contributed by atoms with Crippen molar-refractivity contribution in [1.29, 1.82) is 0 Å². The summed E-state index contributed by atoms with van der Waals surface area (Å²) in [5, 5.41) is 0. The Kier molecular flexibility index (Phi) is 3.97. The summed E-state index contributed by atoms with van der Waals surface area (Å²) in [6.45, 7) is 10.0. The smallest absolute Gasteiger partial charge is 0.228 e. The van der Waals surface area contributed by atoms with Gasteiger partial charge in [-0.05, 0) is 32.4 Å². The van der Waals surface area contributed by atoms with Crippen molar-refractivity contribution in [3.8, 4) is 0 Å². The fraction of sp³-hybridized carbons (Fsp3) is 0.929. The Labute approximate surface area is 110 Å². The largest absolute Gasteiger partial charge is 0.341 e. The minimum Gasteiger partial charge on any atom is -0.341 e. The molecular weight excluding hydrogens is 226 g/mol. The van der Waals surface area contributed by atoms with Gasteiger partial charge < -0.3 is 10.6 Å². The van der Waals surface area contributed by atoms with E-state index in [1.807, 2.05) is 25.7 Å². The van der Waals surface area contributed by atoms with Crippen LogP contribution in [0.15, 0.2) is 0 Å². The van der Waals surface area contributed by atoms with Crippen molar-refractivity contribution in [2.45, 2.75) is 52.1 Å². The first-order valence-corrected chi connectivity index (χ1v) is 7.17. The molecule has 0 aromatic rings. The molecule has 1 unspecified atom stereocenters. The molecule has 0 radical (unpaired) electrons. The first-order chi connectivity index (χ1) is 8.38. The molecule has 0 aliphatic carbocycles. The average molecular weight is 253 g/mol. The van der Waals surface area contributed by atoms with Gasteiger partial charge in [0.15, 0.2) is 0 Å². The average Bonchev–Trinajstić information content (AvgIpc) is 2.77. The molecule has 2 N–H and O–H groups in total. The van der Waals surface area contributed by atoms with E-state index >= 15 is 0 Å². The van der Waals surface area contributed by atoms with Gasteiger partial charge in [0.05, 0.1) is 0 Å². The van der Waals surface area contributed by atoms with Crippen molar-refractivity contribution < 1.29 is 4.79 Å². The van der Waals surface area contributed by atoms with Gasteiger partial charge in [0, 0.05) is 30.6 Å². The Balaban J connectivity index is 1.87. The lowest BCUT2D eigenvalue weighted by Gasteiger charge is -2.35. The van der Waals surface area contributed by atoms with E-state index in [2.05, 4.69) is 4.90 Å². The van der Waals surface area contributed by atoms with Gasteiger partial charge in [0.1, 0.15) is 0 Å². The van der Waals surface area contributed by atoms with Crippen molar-refractivity contribution in [3.63, 3.8) is 0 Å². The summed E-state index contributed by atoms with van der Waals surface area (Å²) in [4.78, 5) is 16.8. The number of hydrogen-bond donors (Lipinski definition) is 1. The van der Waals surface area contributed by atoms with Crippen molar-refractivity contribution in [1.82, 2.24) is 9.80 Å². The van der Waals surface area contributed by atoms with E-state index in [-0.39, 0.29) is 5.41 Å². The van der Waals surface area contributed by atoms with Crippen LogP contribution in [-0.2, 0) is 4.79 Å². The third-order valence-electron chi connectivity index (χ3n) is 4.18. The SMILES string of the molecule is CC(C)(C)C(=O)N1CCC(N2CCC(N)CC2)C1. The lowest BCUT2D eigenvalue weighted by Crippen LogP contribution is -2.47. The van der Waals surface area contributed by atoms with Crippen LogP contribution in [0.25, 0.3) is 0 Å². The standard InChI is InChI=1S/C14H27N3O/c1-14(2,3)13(18)17-9-6-12(10-17)16-7-4-11(15)5-8-16/h11-12H,4-10,15H2,1-3H3. The summed E-state index contributed by atoms with van der Waals surface area (Å²) in [5.74, 6) is 0.290. The molecule has 18 heavy (non-hydrogen) atoms. The monoisotopic (exact) mass is 253 g/mol. The maximum atomic E-state index is 12.2. The molecule has 0 aromatic heterocycles. The maximum absolute atomic E-state index is 12.2. The second kappa shape index (κ2) is 5.17. The highest BCUT2D eigenvalue weighted by Gasteiger charge is 2.35. The molecular formula is C14H27N3O. The Morgan fingerprint density at radius 2 is 1.72 bits per heavy atom. The minimum atomic E-state index is -0.251. The maximum Gasteiger partial charge on any atom is 0.228 e. The molecule has 0 aromatic carbocycles. The molecule has 2 saturated heterocycles. The second-order valence-corrected chi connectivity index (χ2v) is 6.82. The molecule has 1 amide bonds. The normalized spacial score (nSPS) is 27.8. The zero-order valence-electron chi connectivity index (χ0n) is 12.0. The highest BCUT2D eigenvalue weighted by molar-refractivity contribution is 5.81. The predicted octanol–water partition coefficient (Wildman–Crippen LogP) is 1.06. The summed E-state index contributed by atoms with van der Waals surface area (Å²) in [6, 6.07) is 0.943. The fourth-order valence-corrected chi connectivity index (χ4v) is 2.98. The van der Waals surface area contributed by atoms with Crippen molar-refractivity contribution in [2.24, 2.45) is 11.1 Å². The van der Waals surface area contributed by atoms with Gasteiger partial charge in [0.2, 0.25) is 5.91 Å². The molecule has 0 saturated carbocycles. The molecule has 2 aliphatic heterocycles. The Morgan fingerprint density at radius 1 is 1.11 bits per heavy atom. The first-order valence-electron chi connectivity index (χ1n) is 7.17. The Hall–Kier alpha value is -0.610. The van der Waals surface area contributed by atoms with E-state index in [1.54, 1.807) is 0 Å². The van der Waals surface area contributed by atoms with Gasteiger partial charge in [-0.3, -0.25) is 9.69 Å². The summed E-state index contributed by atoms with van der Waals surface area (Å²) in [6.07, 6.45) is 3.32. The molecule has 0 bridgehead atoms. The van der Waals surface area contributed by atoms with Crippen LogP contribution >= 0.6 is 0 Å². The first kappa shape index (κ1) is 13.8. The summed E-state index contributed by atoms with van der Waals surface area (Å²) >= 11 is 0. The fourth-order valence-electron chi connectivity index (χ4n) is 2.98. The molecule has 0 spiro atoms. The number of nitrogens with two attached hydrogens (primary N) is 1. The number of carbonyl (C=O) groups is 1. The minimum absolute atomic E-state index is 0.251. The van der Waals surface area contributed by atoms with Gasteiger partial charge in [-0.15, -0.1) is 0 Å². The van der Waals surface area contributed by atoms with Crippen LogP contribution in [0, 0.1) is 5.41 Å². The van der Waals surface area contributed by atoms with Gasteiger partial charge in [-0.25, -0.2) is 0 Å². The van der Waals surface area contributed by atoms with Gasteiger partial charge >= 0.3 is 0 Å². The molecule has 1 atom stereocenters. The number of nitrogens with zero attached hydrogens (tertiary/aromatic N) is 2. The number of amides is 1. The Bertz CT molecular complexity index is 303. The lowest BCUT2D eigenvalue weighted by molar-refractivity contribution is -0.138. The number of hydrogen-bond acceptors (Lipinski definition) is 3. The highest BCUT2D eigenvalue weighted by atomic mass is 16.2. The van der Waals surface area contributed by atoms with Crippen molar-refractivity contribution in [3.05, 3.63) is 0 Å². The van der Waals surface area contributed by atoms with E-state index in [9.17, 15) is 4.79 Å². The third kappa shape index (κ3) is 3.04. The molecule has 2 rings (SSSR count). The molecule has 4 nitrogen and oxygen atoms in total. The number of carbonyl (C=O) groups excluding carboxylic acids is 1. The third-order valence-corrected chi connectivity index (χ3v) is 4.18. The summed E-state index contributed by atoms with van der Waals surface area (Å²) < 4.78 is 0. The molecule has 2 fully saturated rings. The van der Waals surface area contributed by atoms with E-state index in [0.717, 1.165) is 45.4 Å². The summed E-state index contributed by atoms with van der Waals surface area (Å²) in [5.41, 5.74) is 5.69. The molecule has 2 heterocycles. The van der Waals surface area contributed by atoms with Gasteiger partial charge in [0.25, 0.3) is 0 Å². The van der Waals surface area contributed by atoms with Crippen LogP contribution in [0.2, 0.25) is 0 Å². The highest BCUT2D eigenvalue weighted by Crippen LogP contribution is 2.24. The van der Waals surface area contributed by atoms with Crippen LogP contribution in [0.3, 0.4) is 0 Å². The topological polar surface area (TPSA) is 49.6 Å².